The van der Waals surface area contributed by atoms with Crippen molar-refractivity contribution in [2.45, 2.75) is 45.1 Å². The summed E-state index contributed by atoms with van der Waals surface area (Å²) in [6, 6.07) is 1.81. The van der Waals surface area contributed by atoms with Crippen molar-refractivity contribution in [3.8, 4) is 0 Å². The number of rotatable bonds is 4. The van der Waals surface area contributed by atoms with Crippen molar-refractivity contribution in [3.05, 3.63) is 29.2 Å². The molecule has 3 rings (SSSR count). The highest BCUT2D eigenvalue weighted by atomic mass is 16.5. The van der Waals surface area contributed by atoms with Crippen LogP contribution in [0, 0.1) is 0 Å². The van der Waals surface area contributed by atoms with Crippen LogP contribution in [-0.2, 0) is 19.1 Å². The smallest absolute Gasteiger partial charge is 0.274 e. The van der Waals surface area contributed by atoms with E-state index < -0.39 is 5.60 Å². The number of aryl methyl sites for hydroxylation is 2. The molecule has 1 amide bonds. The molecule has 1 fully saturated rings. The fourth-order valence-electron chi connectivity index (χ4n) is 3.02. The van der Waals surface area contributed by atoms with Gasteiger partial charge in [0.1, 0.15) is 0 Å². The molecule has 1 saturated heterocycles. The number of hydrogen-bond donors (Lipinski definition) is 1. The highest BCUT2D eigenvalue weighted by Gasteiger charge is 2.44. The van der Waals surface area contributed by atoms with Gasteiger partial charge in [0.15, 0.2) is 17.1 Å². The minimum absolute atomic E-state index is 0.130. The SMILES string of the molecule is CCc1noc(C2(O)CCN(C(=O)c3cc(C(C)C)n(C)n3)C2)n1. The van der Waals surface area contributed by atoms with E-state index in [1.807, 2.05) is 20.0 Å². The van der Waals surface area contributed by atoms with Crippen LogP contribution in [0.3, 0.4) is 0 Å². The molecule has 1 unspecified atom stereocenters. The minimum Gasteiger partial charge on any atom is -0.378 e. The minimum atomic E-state index is -1.29. The summed E-state index contributed by atoms with van der Waals surface area (Å²) in [5.41, 5.74) is 0.105. The lowest BCUT2D eigenvalue weighted by atomic mass is 10.0. The summed E-state index contributed by atoms with van der Waals surface area (Å²) >= 11 is 0. The van der Waals surface area contributed by atoms with Gasteiger partial charge >= 0.3 is 0 Å². The predicted octanol–water partition coefficient (Wildman–Crippen LogP) is 1.22. The van der Waals surface area contributed by atoms with Gasteiger partial charge in [-0.1, -0.05) is 25.9 Å². The molecule has 0 bridgehead atoms. The third kappa shape index (κ3) is 2.82. The van der Waals surface area contributed by atoms with Crippen LogP contribution < -0.4 is 0 Å². The maximum atomic E-state index is 12.7. The number of β-amino-alcohol motifs (C(OH)–C–C–N with tert-alkyl or cyclic N) is 1. The molecule has 2 aromatic rings. The number of carbonyl (C=O) groups excluding carboxylic acids is 1. The largest absolute Gasteiger partial charge is 0.378 e. The van der Waals surface area contributed by atoms with Gasteiger partial charge in [-0.2, -0.15) is 10.1 Å². The second-order valence-corrected chi connectivity index (χ2v) is 6.61. The molecule has 0 radical (unpaired) electrons. The monoisotopic (exact) mass is 333 g/mol. The molecule has 1 atom stereocenters. The Kier molecular flexibility index (Phi) is 4.16. The van der Waals surface area contributed by atoms with Crippen LogP contribution >= 0.6 is 0 Å². The average Bonchev–Trinajstić information content (AvgIpc) is 3.24. The second kappa shape index (κ2) is 6.01. The van der Waals surface area contributed by atoms with Crippen molar-refractivity contribution in [3.63, 3.8) is 0 Å². The van der Waals surface area contributed by atoms with Crippen molar-refractivity contribution < 1.29 is 14.4 Å². The first kappa shape index (κ1) is 16.6. The molecule has 3 heterocycles. The maximum Gasteiger partial charge on any atom is 0.274 e. The Labute approximate surface area is 140 Å². The van der Waals surface area contributed by atoms with E-state index in [-0.39, 0.29) is 24.3 Å². The Morgan fingerprint density at radius 2 is 2.25 bits per heavy atom. The highest BCUT2D eigenvalue weighted by molar-refractivity contribution is 5.92. The first-order valence-corrected chi connectivity index (χ1v) is 8.22. The van der Waals surface area contributed by atoms with Crippen LogP contribution in [0.4, 0.5) is 0 Å². The maximum absolute atomic E-state index is 12.7. The lowest BCUT2D eigenvalue weighted by Crippen LogP contribution is -2.35. The summed E-state index contributed by atoms with van der Waals surface area (Å²) in [6.45, 7) is 6.58. The Bertz CT molecular complexity index is 751. The average molecular weight is 333 g/mol. The first-order chi connectivity index (χ1) is 11.3. The molecule has 0 saturated carbocycles. The van der Waals surface area contributed by atoms with Gasteiger partial charge in [-0.05, 0) is 12.0 Å². The summed E-state index contributed by atoms with van der Waals surface area (Å²) in [5.74, 6) is 0.821. The lowest BCUT2D eigenvalue weighted by molar-refractivity contribution is 0.0135. The Hall–Kier alpha value is -2.22. The zero-order chi connectivity index (χ0) is 17.5. The van der Waals surface area contributed by atoms with Gasteiger partial charge in [0, 0.05) is 32.1 Å². The molecule has 8 heteroatoms. The number of aliphatic hydroxyl groups is 1. The van der Waals surface area contributed by atoms with E-state index in [1.54, 1.807) is 9.58 Å². The molecule has 24 heavy (non-hydrogen) atoms. The highest BCUT2D eigenvalue weighted by Crippen LogP contribution is 2.31. The van der Waals surface area contributed by atoms with Gasteiger partial charge in [0.05, 0.1) is 6.54 Å². The summed E-state index contributed by atoms with van der Waals surface area (Å²) in [4.78, 5) is 18.5. The molecule has 1 N–H and O–H groups in total. The van der Waals surface area contributed by atoms with Crippen molar-refractivity contribution in [1.29, 1.82) is 0 Å². The van der Waals surface area contributed by atoms with Crippen LogP contribution in [0.1, 0.15) is 61.0 Å². The van der Waals surface area contributed by atoms with Gasteiger partial charge in [-0.15, -0.1) is 0 Å². The quantitative estimate of drug-likeness (QED) is 0.903. The fraction of sp³-hybridized carbons (Fsp3) is 0.625. The van der Waals surface area contributed by atoms with Crippen molar-refractivity contribution in [2.75, 3.05) is 13.1 Å². The molecular formula is C16H23N5O3. The van der Waals surface area contributed by atoms with Gasteiger partial charge < -0.3 is 14.5 Å². The number of nitrogens with zero attached hydrogens (tertiary/aromatic N) is 5. The van der Waals surface area contributed by atoms with Crippen LogP contribution in [-0.4, -0.2) is 48.9 Å². The lowest BCUT2D eigenvalue weighted by Gasteiger charge is -2.19. The molecule has 1 aliphatic heterocycles. The molecule has 2 aromatic heterocycles. The van der Waals surface area contributed by atoms with E-state index in [2.05, 4.69) is 29.1 Å². The van der Waals surface area contributed by atoms with Crippen molar-refractivity contribution in [1.82, 2.24) is 24.8 Å². The zero-order valence-corrected chi connectivity index (χ0v) is 14.5. The molecule has 0 aliphatic carbocycles. The normalized spacial score (nSPS) is 21.0. The molecule has 130 valence electrons. The summed E-state index contributed by atoms with van der Waals surface area (Å²) < 4.78 is 6.89. The standard InChI is InChI=1S/C16H23N5O3/c1-5-13-17-15(24-19-13)16(23)6-7-21(9-16)14(22)11-8-12(10(2)3)20(4)18-11/h8,10,23H,5-7,9H2,1-4H3. The molecule has 8 nitrogen and oxygen atoms in total. The van der Waals surface area contributed by atoms with Crippen LogP contribution in [0.2, 0.25) is 0 Å². The van der Waals surface area contributed by atoms with Gasteiger partial charge in [0.2, 0.25) is 0 Å². The second-order valence-electron chi connectivity index (χ2n) is 6.61. The van der Waals surface area contributed by atoms with E-state index in [9.17, 15) is 9.90 Å². The molecule has 0 spiro atoms. The summed E-state index contributed by atoms with van der Waals surface area (Å²) in [5, 5.41) is 18.9. The Morgan fingerprint density at radius 3 is 2.83 bits per heavy atom. The number of carbonyl (C=O) groups is 1. The van der Waals surface area contributed by atoms with Crippen LogP contribution in [0.25, 0.3) is 0 Å². The Balaban J connectivity index is 1.77. The molecule has 1 aliphatic rings. The number of aromatic nitrogens is 4. The van der Waals surface area contributed by atoms with E-state index in [4.69, 9.17) is 4.52 Å². The summed E-state index contributed by atoms with van der Waals surface area (Å²) in [6.07, 6.45) is 1.00. The fourth-order valence-corrected chi connectivity index (χ4v) is 3.02. The van der Waals surface area contributed by atoms with E-state index in [1.165, 1.54) is 0 Å². The number of hydrogen-bond acceptors (Lipinski definition) is 6. The number of likely N-dealkylation sites (tertiary alicyclic amines) is 1. The zero-order valence-electron chi connectivity index (χ0n) is 14.5. The first-order valence-electron chi connectivity index (χ1n) is 8.22. The summed E-state index contributed by atoms with van der Waals surface area (Å²) in [7, 11) is 1.83. The van der Waals surface area contributed by atoms with Gasteiger partial charge in [0.25, 0.3) is 11.8 Å². The predicted molar refractivity (Wildman–Crippen MR) is 85.4 cm³/mol. The topological polar surface area (TPSA) is 97.3 Å². The molecular weight excluding hydrogens is 310 g/mol. The third-order valence-corrected chi connectivity index (χ3v) is 4.44. The molecule has 0 aromatic carbocycles. The van der Waals surface area contributed by atoms with Crippen molar-refractivity contribution >= 4 is 5.91 Å². The van der Waals surface area contributed by atoms with Crippen molar-refractivity contribution in [2.24, 2.45) is 7.05 Å². The number of amides is 1. The van der Waals surface area contributed by atoms with Crippen LogP contribution in [0.5, 0.6) is 0 Å². The van der Waals surface area contributed by atoms with E-state index in [0.29, 0.717) is 30.9 Å². The van der Waals surface area contributed by atoms with Gasteiger partial charge in [-0.25, -0.2) is 0 Å². The van der Waals surface area contributed by atoms with E-state index >= 15 is 0 Å². The Morgan fingerprint density at radius 1 is 1.50 bits per heavy atom. The van der Waals surface area contributed by atoms with Crippen LogP contribution in [0.15, 0.2) is 10.6 Å². The van der Waals surface area contributed by atoms with Gasteiger partial charge in [-0.3, -0.25) is 9.48 Å². The van der Waals surface area contributed by atoms with E-state index in [0.717, 1.165) is 5.69 Å². The third-order valence-electron chi connectivity index (χ3n) is 4.44.